The summed E-state index contributed by atoms with van der Waals surface area (Å²) in [7, 11) is 1.74. The van der Waals surface area contributed by atoms with E-state index in [0.717, 1.165) is 31.0 Å². The predicted molar refractivity (Wildman–Crippen MR) is 84.3 cm³/mol. The van der Waals surface area contributed by atoms with E-state index < -0.39 is 0 Å². The van der Waals surface area contributed by atoms with Crippen LogP contribution < -0.4 is 5.32 Å². The molecule has 1 aromatic heterocycles. The Labute approximate surface area is 124 Å². The molecule has 2 aromatic rings. The van der Waals surface area contributed by atoms with Gasteiger partial charge in [-0.3, -0.25) is 0 Å². The Morgan fingerprint density at radius 2 is 2.30 bits per heavy atom. The van der Waals surface area contributed by atoms with Gasteiger partial charge in [-0.05, 0) is 43.0 Å². The normalized spacial score (nSPS) is 23.3. The first-order chi connectivity index (χ1) is 9.76. The lowest BCUT2D eigenvalue weighted by atomic mass is 9.92. The molecule has 0 saturated carbocycles. The highest BCUT2D eigenvalue weighted by molar-refractivity contribution is 7.18. The first-order valence-corrected chi connectivity index (χ1v) is 8.19. The molecule has 1 aliphatic rings. The standard InChI is InChI=1S/C16H22N2OS/c1-11-3-5-13(17-10-11)12-4-6-15-14(9-12)18-16(20-15)7-8-19-2/h4,6,9,11,13,17H,3,5,7-8,10H2,1-2H3/t11-,13+/m0/s1. The number of benzene rings is 1. The van der Waals surface area contributed by atoms with Crippen molar-refractivity contribution in [3.05, 3.63) is 28.8 Å². The van der Waals surface area contributed by atoms with E-state index in [9.17, 15) is 0 Å². The number of ether oxygens (including phenoxy) is 1. The second-order valence-corrected chi connectivity index (χ2v) is 6.84. The van der Waals surface area contributed by atoms with Crippen molar-refractivity contribution in [1.29, 1.82) is 0 Å². The van der Waals surface area contributed by atoms with Gasteiger partial charge in [0, 0.05) is 19.6 Å². The largest absolute Gasteiger partial charge is 0.384 e. The molecule has 3 nitrogen and oxygen atoms in total. The van der Waals surface area contributed by atoms with Crippen LogP contribution in [-0.2, 0) is 11.2 Å². The number of fused-ring (bicyclic) bond motifs is 1. The van der Waals surface area contributed by atoms with Crippen LogP contribution in [0.3, 0.4) is 0 Å². The summed E-state index contributed by atoms with van der Waals surface area (Å²) >= 11 is 1.78. The Bertz CT molecular complexity index is 573. The summed E-state index contributed by atoms with van der Waals surface area (Å²) in [5.41, 5.74) is 2.52. The van der Waals surface area contributed by atoms with Crippen molar-refractivity contribution in [2.24, 2.45) is 5.92 Å². The molecule has 2 heterocycles. The number of piperidine rings is 1. The molecular formula is C16H22N2OS. The van der Waals surface area contributed by atoms with Gasteiger partial charge in [-0.2, -0.15) is 0 Å². The van der Waals surface area contributed by atoms with Gasteiger partial charge in [-0.25, -0.2) is 4.98 Å². The molecule has 0 aliphatic carbocycles. The van der Waals surface area contributed by atoms with Crippen molar-refractivity contribution in [3.63, 3.8) is 0 Å². The molecule has 20 heavy (non-hydrogen) atoms. The van der Waals surface area contributed by atoms with Crippen LogP contribution in [0.2, 0.25) is 0 Å². The third kappa shape index (κ3) is 3.03. The molecule has 0 amide bonds. The van der Waals surface area contributed by atoms with Crippen LogP contribution in [0.25, 0.3) is 10.2 Å². The summed E-state index contributed by atoms with van der Waals surface area (Å²) in [5.74, 6) is 0.801. The van der Waals surface area contributed by atoms with Crippen molar-refractivity contribution in [2.45, 2.75) is 32.2 Å². The van der Waals surface area contributed by atoms with Crippen LogP contribution in [0.5, 0.6) is 0 Å². The molecule has 0 spiro atoms. The summed E-state index contributed by atoms with van der Waals surface area (Å²) in [6.07, 6.45) is 3.45. The number of rotatable bonds is 4. The second kappa shape index (κ2) is 6.20. The van der Waals surface area contributed by atoms with E-state index in [-0.39, 0.29) is 0 Å². The number of methoxy groups -OCH3 is 1. The third-order valence-electron chi connectivity index (χ3n) is 4.04. The zero-order valence-electron chi connectivity index (χ0n) is 12.2. The lowest BCUT2D eigenvalue weighted by Gasteiger charge is -2.28. The number of nitrogens with zero attached hydrogens (tertiary/aromatic N) is 1. The molecule has 1 aromatic carbocycles. The molecule has 0 unspecified atom stereocenters. The fraction of sp³-hybridized carbons (Fsp3) is 0.562. The lowest BCUT2D eigenvalue weighted by molar-refractivity contribution is 0.202. The SMILES string of the molecule is COCCc1nc2cc([C@H]3CC[C@H](C)CN3)ccc2s1. The molecule has 1 N–H and O–H groups in total. The molecule has 4 heteroatoms. The number of hydrogen-bond acceptors (Lipinski definition) is 4. The molecule has 108 valence electrons. The van der Waals surface area contributed by atoms with Crippen LogP contribution in [0.15, 0.2) is 18.2 Å². The van der Waals surface area contributed by atoms with E-state index >= 15 is 0 Å². The summed E-state index contributed by atoms with van der Waals surface area (Å²) in [4.78, 5) is 4.73. The summed E-state index contributed by atoms with van der Waals surface area (Å²) in [6.45, 7) is 4.18. The molecule has 1 aliphatic heterocycles. The Balaban J connectivity index is 1.79. The lowest BCUT2D eigenvalue weighted by Crippen LogP contribution is -2.31. The van der Waals surface area contributed by atoms with Crippen LogP contribution in [0, 0.1) is 5.92 Å². The average Bonchev–Trinajstić information content (AvgIpc) is 2.87. The summed E-state index contributed by atoms with van der Waals surface area (Å²) in [6, 6.07) is 7.24. The summed E-state index contributed by atoms with van der Waals surface area (Å²) in [5, 5.41) is 4.82. The van der Waals surface area contributed by atoms with Crippen LogP contribution in [-0.4, -0.2) is 25.2 Å². The van der Waals surface area contributed by atoms with Gasteiger partial charge in [-0.15, -0.1) is 11.3 Å². The maximum atomic E-state index is 5.13. The van der Waals surface area contributed by atoms with E-state index in [4.69, 9.17) is 9.72 Å². The highest BCUT2D eigenvalue weighted by atomic mass is 32.1. The Kier molecular flexibility index (Phi) is 4.34. The minimum Gasteiger partial charge on any atom is -0.384 e. The average molecular weight is 290 g/mol. The molecular weight excluding hydrogens is 268 g/mol. The van der Waals surface area contributed by atoms with Crippen LogP contribution in [0.4, 0.5) is 0 Å². The minimum atomic E-state index is 0.500. The minimum absolute atomic E-state index is 0.500. The van der Waals surface area contributed by atoms with Crippen molar-refractivity contribution in [2.75, 3.05) is 20.3 Å². The van der Waals surface area contributed by atoms with Gasteiger partial charge in [0.15, 0.2) is 0 Å². The Morgan fingerprint density at radius 1 is 1.40 bits per heavy atom. The quantitative estimate of drug-likeness (QED) is 0.935. The number of hydrogen-bond donors (Lipinski definition) is 1. The van der Waals surface area contributed by atoms with E-state index in [1.807, 2.05) is 0 Å². The van der Waals surface area contributed by atoms with Gasteiger partial charge in [0.1, 0.15) is 0 Å². The first-order valence-electron chi connectivity index (χ1n) is 7.38. The van der Waals surface area contributed by atoms with Gasteiger partial charge in [0.2, 0.25) is 0 Å². The van der Waals surface area contributed by atoms with Crippen molar-refractivity contribution < 1.29 is 4.74 Å². The number of aromatic nitrogens is 1. The van der Waals surface area contributed by atoms with Gasteiger partial charge in [0.25, 0.3) is 0 Å². The zero-order chi connectivity index (χ0) is 13.9. The second-order valence-electron chi connectivity index (χ2n) is 5.72. The molecule has 2 atom stereocenters. The van der Waals surface area contributed by atoms with Gasteiger partial charge in [0.05, 0.1) is 21.8 Å². The van der Waals surface area contributed by atoms with E-state index in [1.165, 1.54) is 28.1 Å². The Morgan fingerprint density at radius 3 is 3.05 bits per heavy atom. The van der Waals surface area contributed by atoms with Gasteiger partial charge >= 0.3 is 0 Å². The first kappa shape index (κ1) is 14.0. The van der Waals surface area contributed by atoms with Crippen molar-refractivity contribution in [1.82, 2.24) is 10.3 Å². The highest BCUT2D eigenvalue weighted by Gasteiger charge is 2.19. The van der Waals surface area contributed by atoms with Crippen LogP contribution >= 0.6 is 11.3 Å². The maximum absolute atomic E-state index is 5.13. The van der Waals surface area contributed by atoms with E-state index in [1.54, 1.807) is 18.4 Å². The van der Waals surface area contributed by atoms with E-state index in [2.05, 4.69) is 30.4 Å². The fourth-order valence-electron chi connectivity index (χ4n) is 2.79. The van der Waals surface area contributed by atoms with Crippen molar-refractivity contribution in [3.8, 4) is 0 Å². The monoisotopic (exact) mass is 290 g/mol. The zero-order valence-corrected chi connectivity index (χ0v) is 13.0. The fourth-order valence-corrected chi connectivity index (χ4v) is 3.72. The number of thiazole rings is 1. The predicted octanol–water partition coefficient (Wildman–Crippen LogP) is 3.55. The van der Waals surface area contributed by atoms with Crippen molar-refractivity contribution >= 4 is 21.6 Å². The smallest absolute Gasteiger partial charge is 0.0961 e. The van der Waals surface area contributed by atoms with Gasteiger partial charge < -0.3 is 10.1 Å². The topological polar surface area (TPSA) is 34.1 Å². The molecule has 1 fully saturated rings. The third-order valence-corrected chi connectivity index (χ3v) is 5.14. The molecule has 1 saturated heterocycles. The van der Waals surface area contributed by atoms with E-state index in [0.29, 0.717) is 6.04 Å². The molecule has 0 bridgehead atoms. The Hall–Kier alpha value is -0.970. The molecule has 0 radical (unpaired) electrons. The van der Waals surface area contributed by atoms with Crippen LogP contribution in [0.1, 0.15) is 36.4 Å². The number of nitrogens with one attached hydrogen (secondary N) is 1. The maximum Gasteiger partial charge on any atom is 0.0961 e. The summed E-state index contributed by atoms with van der Waals surface area (Å²) < 4.78 is 6.41. The molecule has 3 rings (SSSR count). The van der Waals surface area contributed by atoms with Gasteiger partial charge in [-0.1, -0.05) is 13.0 Å². The highest BCUT2D eigenvalue weighted by Crippen LogP contribution is 2.30.